The van der Waals surface area contributed by atoms with Gasteiger partial charge in [0.1, 0.15) is 5.52 Å². The van der Waals surface area contributed by atoms with Crippen LogP contribution in [-0.2, 0) is 0 Å². The maximum atomic E-state index is 14.1. The van der Waals surface area contributed by atoms with Gasteiger partial charge in [-0.1, -0.05) is 0 Å². The van der Waals surface area contributed by atoms with E-state index in [1.165, 1.54) is 35.9 Å². The highest BCUT2D eigenvalue weighted by Gasteiger charge is 2.16. The molecule has 0 atom stereocenters. The summed E-state index contributed by atoms with van der Waals surface area (Å²) in [5.41, 5.74) is 0.685. The zero-order valence-electron chi connectivity index (χ0n) is 10.8. The van der Waals surface area contributed by atoms with E-state index in [4.69, 9.17) is 17.0 Å². The van der Waals surface area contributed by atoms with Crippen LogP contribution in [0.4, 0.5) is 13.2 Å². The van der Waals surface area contributed by atoms with E-state index in [9.17, 15) is 13.2 Å². The van der Waals surface area contributed by atoms with Gasteiger partial charge in [-0.15, -0.1) is 0 Å². The van der Waals surface area contributed by atoms with Gasteiger partial charge in [0.2, 0.25) is 0 Å². The Morgan fingerprint density at radius 1 is 1.10 bits per heavy atom. The Kier molecular flexibility index (Phi) is 3.21. The van der Waals surface area contributed by atoms with Crippen molar-refractivity contribution in [2.75, 3.05) is 7.11 Å². The van der Waals surface area contributed by atoms with E-state index in [0.717, 1.165) is 6.07 Å². The number of nitrogens with zero attached hydrogens (tertiary/aromatic N) is 1. The highest BCUT2D eigenvalue weighted by atomic mass is 32.1. The maximum Gasteiger partial charge on any atom is 0.184 e. The number of fused-ring (bicyclic) bond motifs is 1. The lowest BCUT2D eigenvalue weighted by Gasteiger charge is -2.08. The first-order valence-electron chi connectivity index (χ1n) is 5.95. The number of ether oxygens (including phenoxy) is 1. The molecule has 3 rings (SSSR count). The standard InChI is InChI=1S/C14H9F3N2OS/c1-20-11-6-7(2-3-8(11)15)19-13-10(18-14(19)21)5-4-9(16)12(13)17/h2-6H,1H3,(H,18,21). The van der Waals surface area contributed by atoms with Gasteiger partial charge < -0.3 is 9.72 Å². The van der Waals surface area contributed by atoms with E-state index < -0.39 is 17.5 Å². The lowest BCUT2D eigenvalue weighted by atomic mass is 10.2. The predicted octanol–water partition coefficient (Wildman–Crippen LogP) is 4.11. The lowest BCUT2D eigenvalue weighted by molar-refractivity contribution is 0.386. The fraction of sp³-hybridized carbons (Fsp3) is 0.0714. The molecule has 0 aliphatic carbocycles. The number of rotatable bonds is 2. The predicted molar refractivity (Wildman–Crippen MR) is 74.9 cm³/mol. The molecule has 108 valence electrons. The van der Waals surface area contributed by atoms with Crippen LogP contribution in [0.5, 0.6) is 5.75 Å². The number of imidazole rings is 1. The van der Waals surface area contributed by atoms with E-state index in [2.05, 4.69) is 4.98 Å². The van der Waals surface area contributed by atoms with Crippen molar-refractivity contribution in [1.29, 1.82) is 0 Å². The molecule has 1 aromatic heterocycles. The Morgan fingerprint density at radius 2 is 1.81 bits per heavy atom. The SMILES string of the molecule is COc1cc(-n2c(=S)[nH]c3ccc(F)c(F)c32)ccc1F. The molecular formula is C14H9F3N2OS. The van der Waals surface area contributed by atoms with Crippen LogP contribution in [0.3, 0.4) is 0 Å². The van der Waals surface area contributed by atoms with Crippen molar-refractivity contribution in [2.24, 2.45) is 0 Å². The second kappa shape index (κ2) is 4.92. The minimum Gasteiger partial charge on any atom is -0.494 e. The normalized spacial score (nSPS) is 11.0. The summed E-state index contributed by atoms with van der Waals surface area (Å²) in [6, 6.07) is 6.35. The highest BCUT2D eigenvalue weighted by molar-refractivity contribution is 7.71. The number of nitrogens with one attached hydrogen (secondary N) is 1. The monoisotopic (exact) mass is 310 g/mol. The number of benzene rings is 2. The Balaban J connectivity index is 2.37. The van der Waals surface area contributed by atoms with Gasteiger partial charge in [-0.25, -0.2) is 13.2 Å². The van der Waals surface area contributed by atoms with Gasteiger partial charge in [-0.3, -0.25) is 4.57 Å². The molecule has 3 aromatic rings. The molecule has 0 aliphatic heterocycles. The molecule has 0 unspecified atom stereocenters. The quantitative estimate of drug-likeness (QED) is 0.722. The molecule has 7 heteroatoms. The number of hydrogen-bond donors (Lipinski definition) is 1. The zero-order valence-corrected chi connectivity index (χ0v) is 11.6. The molecule has 21 heavy (non-hydrogen) atoms. The fourth-order valence-corrected chi connectivity index (χ4v) is 2.47. The van der Waals surface area contributed by atoms with Crippen LogP contribution in [0.15, 0.2) is 30.3 Å². The van der Waals surface area contributed by atoms with E-state index in [-0.39, 0.29) is 16.0 Å². The maximum absolute atomic E-state index is 14.1. The van der Waals surface area contributed by atoms with Gasteiger partial charge in [0.05, 0.1) is 18.3 Å². The molecule has 0 saturated carbocycles. The second-order valence-corrected chi connectivity index (χ2v) is 4.73. The van der Waals surface area contributed by atoms with Crippen molar-refractivity contribution < 1.29 is 17.9 Å². The average Bonchev–Trinajstić information content (AvgIpc) is 2.81. The third-order valence-corrected chi connectivity index (χ3v) is 3.41. The Bertz CT molecular complexity index is 901. The Hall–Kier alpha value is -2.28. The zero-order chi connectivity index (χ0) is 15.1. The molecule has 0 saturated heterocycles. The molecule has 0 bridgehead atoms. The first-order valence-corrected chi connectivity index (χ1v) is 6.36. The summed E-state index contributed by atoms with van der Waals surface area (Å²) in [6.45, 7) is 0. The van der Waals surface area contributed by atoms with Crippen LogP contribution in [0.25, 0.3) is 16.7 Å². The Morgan fingerprint density at radius 3 is 2.52 bits per heavy atom. The van der Waals surface area contributed by atoms with Gasteiger partial charge in [0.15, 0.2) is 28.0 Å². The molecule has 3 nitrogen and oxygen atoms in total. The Labute approximate surface area is 122 Å². The highest BCUT2D eigenvalue weighted by Crippen LogP contribution is 2.27. The molecule has 0 aliphatic rings. The molecule has 0 radical (unpaired) electrons. The summed E-state index contributed by atoms with van der Waals surface area (Å²) in [4.78, 5) is 2.78. The third-order valence-electron chi connectivity index (χ3n) is 3.13. The average molecular weight is 310 g/mol. The summed E-state index contributed by atoms with van der Waals surface area (Å²) in [5.74, 6) is -2.58. The van der Waals surface area contributed by atoms with E-state index in [1.54, 1.807) is 0 Å². The van der Waals surface area contributed by atoms with E-state index >= 15 is 0 Å². The molecule has 0 amide bonds. The number of methoxy groups -OCH3 is 1. The second-order valence-electron chi connectivity index (χ2n) is 4.34. The van der Waals surface area contributed by atoms with Crippen LogP contribution in [0.2, 0.25) is 0 Å². The number of H-pyrrole nitrogens is 1. The van der Waals surface area contributed by atoms with Crippen molar-refractivity contribution in [1.82, 2.24) is 9.55 Å². The van der Waals surface area contributed by atoms with Crippen molar-refractivity contribution in [3.05, 3.63) is 52.6 Å². The van der Waals surface area contributed by atoms with Crippen LogP contribution in [0.1, 0.15) is 0 Å². The number of hydrogen-bond acceptors (Lipinski definition) is 2. The number of aromatic amines is 1. The number of halogens is 3. The molecule has 0 spiro atoms. The van der Waals surface area contributed by atoms with Gasteiger partial charge in [-0.05, 0) is 36.5 Å². The van der Waals surface area contributed by atoms with Crippen molar-refractivity contribution in [3.63, 3.8) is 0 Å². The van der Waals surface area contributed by atoms with E-state index in [1.807, 2.05) is 0 Å². The summed E-state index contributed by atoms with van der Waals surface area (Å²) in [7, 11) is 1.32. The molecular weight excluding hydrogens is 301 g/mol. The minimum atomic E-state index is -1.02. The van der Waals surface area contributed by atoms with E-state index in [0.29, 0.717) is 11.2 Å². The van der Waals surface area contributed by atoms with Gasteiger partial charge in [-0.2, -0.15) is 0 Å². The molecule has 1 heterocycles. The van der Waals surface area contributed by atoms with Gasteiger partial charge >= 0.3 is 0 Å². The number of aromatic nitrogens is 2. The lowest BCUT2D eigenvalue weighted by Crippen LogP contribution is -1.99. The summed E-state index contributed by atoms with van der Waals surface area (Å²) in [6.07, 6.45) is 0. The fourth-order valence-electron chi connectivity index (χ4n) is 2.17. The largest absolute Gasteiger partial charge is 0.494 e. The van der Waals surface area contributed by atoms with Crippen LogP contribution in [0, 0.1) is 22.2 Å². The first kappa shape index (κ1) is 13.7. The first-order chi connectivity index (χ1) is 10.0. The molecule has 1 N–H and O–H groups in total. The van der Waals surface area contributed by atoms with Crippen LogP contribution >= 0.6 is 12.2 Å². The van der Waals surface area contributed by atoms with Crippen LogP contribution < -0.4 is 4.74 Å². The minimum absolute atomic E-state index is 0.0134. The molecule has 2 aromatic carbocycles. The van der Waals surface area contributed by atoms with Crippen molar-refractivity contribution in [2.45, 2.75) is 0 Å². The summed E-state index contributed by atoms with van der Waals surface area (Å²) in [5, 5.41) is 0. The van der Waals surface area contributed by atoms with Gasteiger partial charge in [0.25, 0.3) is 0 Å². The molecule has 0 fully saturated rings. The van der Waals surface area contributed by atoms with Crippen LogP contribution in [-0.4, -0.2) is 16.7 Å². The van der Waals surface area contributed by atoms with Crippen molar-refractivity contribution >= 4 is 23.3 Å². The summed E-state index contributed by atoms with van der Waals surface area (Å²) < 4.78 is 47.3. The smallest absolute Gasteiger partial charge is 0.184 e. The van der Waals surface area contributed by atoms with Crippen molar-refractivity contribution in [3.8, 4) is 11.4 Å². The topological polar surface area (TPSA) is 29.9 Å². The van der Waals surface area contributed by atoms with Gasteiger partial charge in [0, 0.05) is 6.07 Å². The third kappa shape index (κ3) is 2.09. The summed E-state index contributed by atoms with van der Waals surface area (Å²) >= 11 is 5.13.